The van der Waals surface area contributed by atoms with Gasteiger partial charge in [-0.25, -0.2) is 9.98 Å². The Morgan fingerprint density at radius 3 is 2.84 bits per heavy atom. The van der Waals surface area contributed by atoms with E-state index in [-0.39, 0.29) is 12.5 Å². The van der Waals surface area contributed by atoms with E-state index in [1.54, 1.807) is 36.6 Å². The third-order valence-electron chi connectivity index (χ3n) is 3.60. The molecular weight excluding hydrogens is 338 g/mol. The molecule has 0 unspecified atom stereocenters. The molecule has 2 aromatic rings. The molecule has 2 heterocycles. The quantitative estimate of drug-likeness (QED) is 0.568. The van der Waals surface area contributed by atoms with E-state index in [1.165, 1.54) is 0 Å². The Kier molecular flexibility index (Phi) is 7.46. The van der Waals surface area contributed by atoms with Crippen LogP contribution in [0.25, 0.3) is 0 Å². The summed E-state index contributed by atoms with van der Waals surface area (Å²) >= 11 is 1.64. The van der Waals surface area contributed by atoms with E-state index in [0.29, 0.717) is 12.5 Å². The Hall–Kier alpha value is -2.35. The van der Waals surface area contributed by atoms with Crippen LogP contribution >= 0.6 is 11.3 Å². The van der Waals surface area contributed by atoms with Gasteiger partial charge in [-0.15, -0.1) is 11.3 Å². The second-order valence-electron chi connectivity index (χ2n) is 5.78. The minimum Gasteiger partial charge on any atom is -0.469 e. The topological polar surface area (TPSA) is 74.0 Å². The number of furan rings is 1. The molecule has 7 nitrogen and oxygen atoms in total. The highest BCUT2D eigenvalue weighted by molar-refractivity contribution is 7.09. The van der Waals surface area contributed by atoms with Gasteiger partial charge in [-0.3, -0.25) is 4.79 Å². The van der Waals surface area contributed by atoms with Gasteiger partial charge in [-0.05, 0) is 12.1 Å². The largest absolute Gasteiger partial charge is 0.469 e. The van der Waals surface area contributed by atoms with Crippen molar-refractivity contribution < 1.29 is 9.21 Å². The molecule has 1 N–H and O–H groups in total. The molecule has 0 saturated carbocycles. The molecule has 0 saturated heterocycles. The normalized spacial score (nSPS) is 11.4. The van der Waals surface area contributed by atoms with Crippen molar-refractivity contribution in [3.8, 4) is 0 Å². The summed E-state index contributed by atoms with van der Waals surface area (Å²) in [5.41, 5.74) is 0. The lowest BCUT2D eigenvalue weighted by Gasteiger charge is -2.22. The smallest absolute Gasteiger partial charge is 0.243 e. The standard InChI is InChI=1S/C17H25N5O2S/c1-21(2)16(23)13-20-17(19-8-6-14-5-4-11-24-14)22(3)10-7-15-18-9-12-25-15/h4-5,9,11-12H,6-8,10,13H2,1-3H3,(H,19,20). The summed E-state index contributed by atoms with van der Waals surface area (Å²) in [7, 11) is 5.43. The Balaban J connectivity index is 1.91. The van der Waals surface area contributed by atoms with E-state index in [9.17, 15) is 4.79 Å². The number of rotatable bonds is 8. The predicted molar refractivity (Wildman–Crippen MR) is 99.9 cm³/mol. The van der Waals surface area contributed by atoms with E-state index in [0.717, 1.165) is 30.2 Å². The SMILES string of the molecule is CN(C)C(=O)CN=C(NCCc1ccco1)N(C)CCc1nccs1. The van der Waals surface area contributed by atoms with Gasteiger partial charge in [-0.1, -0.05) is 0 Å². The first-order chi connectivity index (χ1) is 12.1. The molecule has 0 aliphatic carbocycles. The van der Waals surface area contributed by atoms with Gasteiger partial charge in [0.25, 0.3) is 0 Å². The van der Waals surface area contributed by atoms with Crippen molar-refractivity contribution in [3.63, 3.8) is 0 Å². The second-order valence-corrected chi connectivity index (χ2v) is 6.76. The van der Waals surface area contributed by atoms with Gasteiger partial charge in [0.2, 0.25) is 5.91 Å². The molecule has 0 aromatic carbocycles. The Bertz CT molecular complexity index is 653. The summed E-state index contributed by atoms with van der Waals surface area (Å²) in [5, 5.41) is 6.37. The van der Waals surface area contributed by atoms with Gasteiger partial charge >= 0.3 is 0 Å². The first-order valence-electron chi connectivity index (χ1n) is 8.16. The summed E-state index contributed by atoms with van der Waals surface area (Å²) in [6.45, 7) is 1.58. The number of aliphatic imine (C=N–C) groups is 1. The number of hydrogen-bond acceptors (Lipinski definition) is 5. The molecule has 0 atom stereocenters. The Morgan fingerprint density at radius 2 is 2.20 bits per heavy atom. The number of likely N-dealkylation sites (N-methyl/N-ethyl adjacent to an activating group) is 2. The van der Waals surface area contributed by atoms with Gasteiger partial charge in [0.05, 0.1) is 11.3 Å². The summed E-state index contributed by atoms with van der Waals surface area (Å²) in [5.74, 6) is 1.60. The Morgan fingerprint density at radius 1 is 1.36 bits per heavy atom. The molecule has 0 aliphatic rings. The van der Waals surface area contributed by atoms with Crippen LogP contribution in [0.3, 0.4) is 0 Å². The van der Waals surface area contributed by atoms with Crippen LogP contribution in [0.1, 0.15) is 10.8 Å². The van der Waals surface area contributed by atoms with Crippen molar-refractivity contribution in [2.24, 2.45) is 4.99 Å². The maximum absolute atomic E-state index is 11.8. The molecule has 0 fully saturated rings. The number of nitrogens with one attached hydrogen (secondary N) is 1. The fourth-order valence-electron chi connectivity index (χ4n) is 2.09. The minimum absolute atomic E-state index is 0.0290. The maximum Gasteiger partial charge on any atom is 0.243 e. The molecule has 25 heavy (non-hydrogen) atoms. The van der Waals surface area contributed by atoms with Gasteiger partial charge in [0.1, 0.15) is 12.3 Å². The number of hydrogen-bond donors (Lipinski definition) is 1. The molecule has 1 amide bonds. The minimum atomic E-state index is -0.0290. The number of carbonyl (C=O) groups excluding carboxylic acids is 1. The van der Waals surface area contributed by atoms with Crippen LogP contribution in [0, 0.1) is 0 Å². The molecule has 136 valence electrons. The molecule has 2 rings (SSSR count). The zero-order valence-corrected chi connectivity index (χ0v) is 15.8. The molecule has 0 bridgehead atoms. The number of guanidine groups is 1. The number of carbonyl (C=O) groups is 1. The van der Waals surface area contributed by atoms with Crippen LogP contribution in [0.15, 0.2) is 39.4 Å². The van der Waals surface area contributed by atoms with Crippen molar-refractivity contribution in [3.05, 3.63) is 40.7 Å². The predicted octanol–water partition coefficient (Wildman–Crippen LogP) is 1.49. The third-order valence-corrected chi connectivity index (χ3v) is 4.44. The summed E-state index contributed by atoms with van der Waals surface area (Å²) in [6, 6.07) is 3.82. The van der Waals surface area contributed by atoms with Crippen LogP contribution < -0.4 is 5.32 Å². The van der Waals surface area contributed by atoms with Gasteiger partial charge in [0, 0.05) is 58.7 Å². The second kappa shape index (κ2) is 9.83. The average Bonchev–Trinajstić information content (AvgIpc) is 3.28. The molecule has 2 aromatic heterocycles. The van der Waals surface area contributed by atoms with Crippen molar-refractivity contribution in [1.82, 2.24) is 20.1 Å². The van der Waals surface area contributed by atoms with Crippen molar-refractivity contribution in [2.45, 2.75) is 12.8 Å². The first-order valence-corrected chi connectivity index (χ1v) is 9.04. The van der Waals surface area contributed by atoms with Crippen molar-refractivity contribution in [1.29, 1.82) is 0 Å². The van der Waals surface area contributed by atoms with E-state index in [2.05, 4.69) is 15.3 Å². The van der Waals surface area contributed by atoms with Gasteiger partial charge in [-0.2, -0.15) is 0 Å². The van der Waals surface area contributed by atoms with Gasteiger partial charge < -0.3 is 19.5 Å². The first kappa shape index (κ1) is 19.0. The van der Waals surface area contributed by atoms with Crippen molar-refractivity contribution >= 4 is 23.2 Å². The molecule has 0 aliphatic heterocycles. The van der Waals surface area contributed by atoms with E-state index in [1.807, 2.05) is 35.7 Å². The molecule has 0 spiro atoms. The van der Waals surface area contributed by atoms with E-state index < -0.39 is 0 Å². The van der Waals surface area contributed by atoms with E-state index in [4.69, 9.17) is 4.42 Å². The molecular formula is C17H25N5O2S. The fraction of sp³-hybridized carbons (Fsp3) is 0.471. The maximum atomic E-state index is 11.8. The number of nitrogens with zero attached hydrogens (tertiary/aromatic N) is 4. The fourth-order valence-corrected chi connectivity index (χ4v) is 2.70. The number of aromatic nitrogens is 1. The van der Waals surface area contributed by atoms with Crippen molar-refractivity contribution in [2.75, 3.05) is 40.8 Å². The van der Waals surface area contributed by atoms with E-state index >= 15 is 0 Å². The Labute approximate surface area is 152 Å². The number of thiazole rings is 1. The lowest BCUT2D eigenvalue weighted by atomic mass is 10.3. The summed E-state index contributed by atoms with van der Waals surface area (Å²) < 4.78 is 5.34. The third kappa shape index (κ3) is 6.58. The number of amides is 1. The lowest BCUT2D eigenvalue weighted by Crippen LogP contribution is -2.41. The van der Waals surface area contributed by atoms with Crippen LogP contribution in [-0.2, 0) is 17.6 Å². The molecule has 8 heteroatoms. The van der Waals surface area contributed by atoms with Crippen LogP contribution in [0.4, 0.5) is 0 Å². The highest BCUT2D eigenvalue weighted by Gasteiger charge is 2.10. The average molecular weight is 363 g/mol. The molecule has 0 radical (unpaired) electrons. The summed E-state index contributed by atoms with van der Waals surface area (Å²) in [4.78, 5) is 24.1. The van der Waals surface area contributed by atoms with Gasteiger partial charge in [0.15, 0.2) is 5.96 Å². The highest BCUT2D eigenvalue weighted by Crippen LogP contribution is 2.05. The monoisotopic (exact) mass is 363 g/mol. The lowest BCUT2D eigenvalue weighted by molar-refractivity contribution is -0.127. The summed E-state index contributed by atoms with van der Waals surface area (Å²) in [6.07, 6.45) is 5.08. The van der Waals surface area contributed by atoms with Crippen LogP contribution in [-0.4, -0.2) is 67.4 Å². The van der Waals surface area contributed by atoms with Crippen LogP contribution in [0.5, 0.6) is 0 Å². The van der Waals surface area contributed by atoms with Crippen LogP contribution in [0.2, 0.25) is 0 Å². The highest BCUT2D eigenvalue weighted by atomic mass is 32.1. The zero-order valence-electron chi connectivity index (χ0n) is 14.9. The zero-order chi connectivity index (χ0) is 18.1.